The second kappa shape index (κ2) is 11.5. The fourth-order valence-electron chi connectivity index (χ4n) is 3.93. The number of nitrogens with zero attached hydrogens (tertiary/aromatic N) is 2. The van der Waals surface area contributed by atoms with Crippen LogP contribution >= 0.6 is 0 Å². The first kappa shape index (κ1) is 25.0. The lowest BCUT2D eigenvalue weighted by molar-refractivity contribution is -0.121. The number of carbonyl (C=O) groups is 2. The van der Waals surface area contributed by atoms with E-state index in [1.807, 2.05) is 30.3 Å². The molecule has 34 heavy (non-hydrogen) atoms. The molecule has 0 radical (unpaired) electrons. The number of amides is 2. The molecule has 0 saturated carbocycles. The molecule has 0 fully saturated rings. The Kier molecular flexibility index (Phi) is 8.46. The summed E-state index contributed by atoms with van der Waals surface area (Å²) in [4.78, 5) is 22.9. The Bertz CT molecular complexity index is 1070. The lowest BCUT2D eigenvalue weighted by atomic mass is 10.0. The fourth-order valence-corrected chi connectivity index (χ4v) is 3.93. The SMILES string of the molecule is CC(C)(C)OC(=O)NN(C=O)CCCCCC/C=C/c1ccc2c(c1)/C(=N/[O-])c1ccccc1-2. The van der Waals surface area contributed by atoms with Crippen LogP contribution in [-0.4, -0.2) is 35.4 Å². The topological polar surface area (TPSA) is 94.1 Å². The average molecular weight is 463 g/mol. The van der Waals surface area contributed by atoms with E-state index in [1.165, 1.54) is 5.01 Å². The highest BCUT2D eigenvalue weighted by atomic mass is 16.6. The molecule has 0 aromatic heterocycles. The van der Waals surface area contributed by atoms with Crippen molar-refractivity contribution in [3.63, 3.8) is 0 Å². The Morgan fingerprint density at radius 1 is 1.03 bits per heavy atom. The minimum Gasteiger partial charge on any atom is -0.791 e. The van der Waals surface area contributed by atoms with Crippen LogP contribution in [0.1, 0.15) is 69.6 Å². The molecule has 180 valence electrons. The molecule has 0 aliphatic heterocycles. The Hall–Kier alpha value is -3.61. The Labute approximate surface area is 201 Å². The van der Waals surface area contributed by atoms with Gasteiger partial charge < -0.3 is 15.1 Å². The van der Waals surface area contributed by atoms with Gasteiger partial charge in [0.25, 0.3) is 0 Å². The molecule has 0 atom stereocenters. The smallest absolute Gasteiger partial charge is 0.426 e. The van der Waals surface area contributed by atoms with E-state index in [0.717, 1.165) is 59.9 Å². The number of hydrogen-bond donors (Lipinski definition) is 1. The fraction of sp³-hybridized carbons (Fsp3) is 0.370. The van der Waals surface area contributed by atoms with Crippen LogP contribution in [0.3, 0.4) is 0 Å². The van der Waals surface area contributed by atoms with Crippen LogP contribution < -0.4 is 5.43 Å². The van der Waals surface area contributed by atoms with E-state index in [-0.39, 0.29) is 0 Å². The third-order valence-corrected chi connectivity index (χ3v) is 5.45. The molecule has 1 aliphatic rings. The van der Waals surface area contributed by atoms with Crippen LogP contribution in [0.25, 0.3) is 17.2 Å². The molecular weight excluding hydrogens is 430 g/mol. The van der Waals surface area contributed by atoms with E-state index in [9.17, 15) is 14.8 Å². The first-order valence-corrected chi connectivity index (χ1v) is 11.6. The van der Waals surface area contributed by atoms with Gasteiger partial charge in [-0.25, -0.2) is 10.2 Å². The molecule has 7 nitrogen and oxygen atoms in total. The lowest BCUT2D eigenvalue weighted by Crippen LogP contribution is -2.44. The summed E-state index contributed by atoms with van der Waals surface area (Å²) in [5.41, 5.74) is 7.27. The first-order chi connectivity index (χ1) is 16.3. The zero-order valence-electron chi connectivity index (χ0n) is 20.0. The van der Waals surface area contributed by atoms with Gasteiger partial charge >= 0.3 is 6.09 Å². The van der Waals surface area contributed by atoms with Crippen molar-refractivity contribution in [3.8, 4) is 11.1 Å². The van der Waals surface area contributed by atoms with Crippen LogP contribution in [0, 0.1) is 5.21 Å². The van der Waals surface area contributed by atoms with E-state index in [4.69, 9.17) is 4.74 Å². The second-order valence-electron chi connectivity index (χ2n) is 9.31. The van der Waals surface area contributed by atoms with Crippen LogP contribution in [0.4, 0.5) is 4.79 Å². The highest BCUT2D eigenvalue weighted by Gasteiger charge is 2.23. The number of allylic oxidation sites excluding steroid dienone is 1. The number of ether oxygens (including phenoxy) is 1. The Balaban J connectivity index is 1.39. The second-order valence-corrected chi connectivity index (χ2v) is 9.31. The van der Waals surface area contributed by atoms with Crippen LogP contribution in [0.15, 0.2) is 53.7 Å². The average Bonchev–Trinajstić information content (AvgIpc) is 3.11. The van der Waals surface area contributed by atoms with Crippen molar-refractivity contribution in [1.82, 2.24) is 10.4 Å². The van der Waals surface area contributed by atoms with Gasteiger partial charge in [0.1, 0.15) is 5.60 Å². The number of benzene rings is 2. The highest BCUT2D eigenvalue weighted by Crippen LogP contribution is 2.37. The van der Waals surface area contributed by atoms with Gasteiger partial charge in [0.15, 0.2) is 0 Å². The number of carbonyl (C=O) groups excluding carboxylic acids is 2. The third-order valence-electron chi connectivity index (χ3n) is 5.45. The van der Waals surface area contributed by atoms with Crippen molar-refractivity contribution in [2.75, 3.05) is 6.54 Å². The van der Waals surface area contributed by atoms with Gasteiger partial charge in [-0.05, 0) is 62.8 Å². The maximum atomic E-state index is 11.7. The van der Waals surface area contributed by atoms with Crippen LogP contribution in [0.5, 0.6) is 0 Å². The molecule has 0 unspecified atom stereocenters. The molecular formula is C27H32N3O4-. The number of nitrogens with one attached hydrogen (secondary N) is 1. The molecule has 2 aromatic rings. The Morgan fingerprint density at radius 2 is 1.74 bits per heavy atom. The summed E-state index contributed by atoms with van der Waals surface area (Å²) in [5, 5.41) is 16.0. The van der Waals surface area contributed by atoms with E-state index >= 15 is 0 Å². The molecule has 1 aliphatic carbocycles. The van der Waals surface area contributed by atoms with E-state index in [0.29, 0.717) is 18.7 Å². The van der Waals surface area contributed by atoms with Crippen LogP contribution in [0.2, 0.25) is 0 Å². The molecule has 0 bridgehead atoms. The number of unbranched alkanes of at least 4 members (excludes halogenated alkanes) is 4. The highest BCUT2D eigenvalue weighted by molar-refractivity contribution is 6.24. The molecule has 3 rings (SSSR count). The van der Waals surface area contributed by atoms with Gasteiger partial charge in [-0.15, -0.1) is 0 Å². The first-order valence-electron chi connectivity index (χ1n) is 11.6. The van der Waals surface area contributed by atoms with Crippen molar-refractivity contribution in [3.05, 3.63) is 70.4 Å². The number of rotatable bonds is 10. The largest absolute Gasteiger partial charge is 0.791 e. The summed E-state index contributed by atoms with van der Waals surface area (Å²) in [7, 11) is 0. The quantitative estimate of drug-likeness (QED) is 0.232. The van der Waals surface area contributed by atoms with E-state index in [1.54, 1.807) is 20.8 Å². The maximum absolute atomic E-state index is 11.7. The molecule has 0 spiro atoms. The molecule has 0 saturated heterocycles. The van der Waals surface area contributed by atoms with Gasteiger partial charge in [-0.3, -0.25) is 9.80 Å². The summed E-state index contributed by atoms with van der Waals surface area (Å²) in [5.74, 6) is 0. The van der Waals surface area contributed by atoms with Gasteiger partial charge in [0, 0.05) is 17.7 Å². The van der Waals surface area contributed by atoms with Crippen molar-refractivity contribution >= 4 is 24.3 Å². The molecule has 7 heteroatoms. The van der Waals surface area contributed by atoms with E-state index < -0.39 is 11.7 Å². The summed E-state index contributed by atoms with van der Waals surface area (Å²) in [6.07, 6.45) is 8.92. The summed E-state index contributed by atoms with van der Waals surface area (Å²) >= 11 is 0. The number of hydrazine groups is 1. The minimum atomic E-state index is -0.631. The van der Waals surface area contributed by atoms with Gasteiger partial charge in [-0.1, -0.05) is 61.4 Å². The van der Waals surface area contributed by atoms with Crippen LogP contribution in [-0.2, 0) is 9.53 Å². The Morgan fingerprint density at radius 3 is 2.44 bits per heavy atom. The predicted octanol–water partition coefficient (Wildman–Crippen LogP) is 5.86. The van der Waals surface area contributed by atoms with Crippen molar-refractivity contribution in [2.24, 2.45) is 5.16 Å². The molecule has 2 amide bonds. The maximum Gasteiger partial charge on any atom is 0.426 e. The van der Waals surface area contributed by atoms with Crippen molar-refractivity contribution in [2.45, 2.75) is 58.5 Å². The monoisotopic (exact) mass is 462 g/mol. The molecule has 1 N–H and O–H groups in total. The van der Waals surface area contributed by atoms with Gasteiger partial charge in [0.2, 0.25) is 6.41 Å². The zero-order valence-corrected chi connectivity index (χ0v) is 20.0. The molecule has 0 heterocycles. The molecule has 2 aromatic carbocycles. The number of fused-ring (bicyclic) bond motifs is 3. The summed E-state index contributed by atoms with van der Waals surface area (Å²) in [6.45, 7) is 5.76. The minimum absolute atomic E-state index is 0.444. The lowest BCUT2D eigenvalue weighted by Gasteiger charge is -2.23. The summed E-state index contributed by atoms with van der Waals surface area (Å²) in [6, 6.07) is 14.0. The van der Waals surface area contributed by atoms with Crippen molar-refractivity contribution < 1.29 is 14.3 Å². The van der Waals surface area contributed by atoms with E-state index in [2.05, 4.69) is 34.9 Å². The normalized spacial score (nSPS) is 13.6. The standard InChI is InChI=1S/C27H33N3O4/c1-27(2,3)34-26(32)28-30(19-31)17-11-7-5-4-6-8-12-20-15-16-22-21-13-9-10-14-23(21)25(29-33)24(22)18-20/h8-10,12-16,18-19,33H,4-7,11,17H2,1-3H3,(H,28,32)/p-1/b12-8+,29-25+. The third kappa shape index (κ3) is 6.70. The summed E-state index contributed by atoms with van der Waals surface area (Å²) < 4.78 is 5.15. The van der Waals surface area contributed by atoms with Gasteiger partial charge in [0.05, 0.1) is 5.71 Å². The number of hydrogen-bond acceptors (Lipinski definition) is 5. The van der Waals surface area contributed by atoms with Gasteiger partial charge in [-0.2, -0.15) is 0 Å². The zero-order chi connectivity index (χ0) is 24.6. The van der Waals surface area contributed by atoms with Crippen molar-refractivity contribution in [1.29, 1.82) is 0 Å². The predicted molar refractivity (Wildman–Crippen MR) is 135 cm³/mol.